The van der Waals surface area contributed by atoms with Crippen LogP contribution in [0.5, 0.6) is 0 Å². The molecule has 0 spiro atoms. The molecule has 2 aromatic rings. The Kier molecular flexibility index (Phi) is 5.18. The average Bonchev–Trinajstić information content (AvgIpc) is 2.82. The summed E-state index contributed by atoms with van der Waals surface area (Å²) in [5, 5.41) is 0. The minimum absolute atomic E-state index is 0.00424. The van der Waals surface area contributed by atoms with Crippen LogP contribution < -0.4 is 4.90 Å². The van der Waals surface area contributed by atoms with Crippen LogP contribution in [0.3, 0.4) is 0 Å². The van der Waals surface area contributed by atoms with Crippen molar-refractivity contribution in [3.63, 3.8) is 0 Å². The van der Waals surface area contributed by atoms with Gasteiger partial charge < -0.3 is 0 Å². The fraction of sp³-hybridized carbons (Fsp3) is 0.333. The lowest BCUT2D eigenvalue weighted by molar-refractivity contribution is -0.112. The number of amides is 1. The van der Waals surface area contributed by atoms with Crippen LogP contribution >= 0.6 is 15.9 Å². The summed E-state index contributed by atoms with van der Waals surface area (Å²) in [5.74, 6) is -0.00424. The molecule has 1 saturated heterocycles. The molecule has 0 atom stereocenters. The van der Waals surface area contributed by atoms with E-state index >= 15 is 0 Å². The zero-order valence-corrected chi connectivity index (χ0v) is 16.3. The van der Waals surface area contributed by atoms with Crippen molar-refractivity contribution >= 4 is 38.9 Å². The summed E-state index contributed by atoms with van der Waals surface area (Å²) < 4.78 is 0.958. The van der Waals surface area contributed by atoms with Gasteiger partial charge in [-0.25, -0.2) is 4.99 Å². The van der Waals surface area contributed by atoms with Gasteiger partial charge in [-0.05, 0) is 50.2 Å². The highest BCUT2D eigenvalue weighted by Crippen LogP contribution is 2.31. The highest BCUT2D eigenvalue weighted by atomic mass is 79.9. The molecule has 4 rings (SSSR count). The number of halogens is 1. The number of aliphatic imine (C=N–C) groups is 1. The van der Waals surface area contributed by atoms with Gasteiger partial charge in [-0.3, -0.25) is 14.6 Å². The number of carbonyl (C=O) groups is 1. The van der Waals surface area contributed by atoms with E-state index < -0.39 is 0 Å². The molecule has 2 aromatic carbocycles. The van der Waals surface area contributed by atoms with Crippen molar-refractivity contribution in [3.05, 3.63) is 58.6 Å². The van der Waals surface area contributed by atoms with Gasteiger partial charge in [0.15, 0.2) is 0 Å². The van der Waals surface area contributed by atoms with Gasteiger partial charge in [-0.1, -0.05) is 53.0 Å². The topological polar surface area (TPSA) is 35.9 Å². The predicted molar refractivity (Wildman–Crippen MR) is 109 cm³/mol. The van der Waals surface area contributed by atoms with E-state index in [9.17, 15) is 4.79 Å². The van der Waals surface area contributed by atoms with Gasteiger partial charge in [0.1, 0.15) is 5.71 Å². The SMILES string of the molecule is O=C1C(=Nc2cccc(Br)c2)c2ccccc2N1CN1CCCCCC1. The molecule has 0 aliphatic carbocycles. The monoisotopic (exact) mass is 411 g/mol. The van der Waals surface area contributed by atoms with E-state index in [-0.39, 0.29) is 5.91 Å². The van der Waals surface area contributed by atoms with Gasteiger partial charge in [0.05, 0.1) is 18.0 Å². The first-order valence-electron chi connectivity index (χ1n) is 9.20. The standard InChI is InChI=1S/C21H22BrN3O/c22-16-8-7-9-17(14-16)23-20-18-10-3-4-11-19(18)25(21(20)26)15-24-12-5-1-2-6-13-24/h3-4,7-11,14H,1-2,5-6,12-13,15H2. The van der Waals surface area contributed by atoms with Gasteiger partial charge in [0, 0.05) is 10.0 Å². The number of hydrogen-bond donors (Lipinski definition) is 0. The zero-order chi connectivity index (χ0) is 17.9. The van der Waals surface area contributed by atoms with E-state index in [0.717, 1.165) is 34.5 Å². The Bertz CT molecular complexity index is 841. The van der Waals surface area contributed by atoms with Crippen LogP contribution in [0.1, 0.15) is 31.2 Å². The summed E-state index contributed by atoms with van der Waals surface area (Å²) in [4.78, 5) is 22.1. The quantitative estimate of drug-likeness (QED) is 0.730. The van der Waals surface area contributed by atoms with E-state index in [2.05, 4.69) is 25.8 Å². The maximum absolute atomic E-state index is 13.2. The van der Waals surface area contributed by atoms with E-state index in [1.807, 2.05) is 53.4 Å². The van der Waals surface area contributed by atoms with Gasteiger partial charge in [0.25, 0.3) is 5.91 Å². The first-order chi connectivity index (χ1) is 12.7. The second-order valence-electron chi connectivity index (χ2n) is 6.86. The number of rotatable bonds is 3. The third-order valence-corrected chi connectivity index (χ3v) is 5.48. The molecule has 0 N–H and O–H groups in total. The molecule has 2 heterocycles. The highest BCUT2D eigenvalue weighted by molar-refractivity contribution is 9.10. The van der Waals surface area contributed by atoms with Gasteiger partial charge in [-0.2, -0.15) is 0 Å². The Morgan fingerprint density at radius 2 is 1.73 bits per heavy atom. The molecule has 2 aliphatic rings. The minimum atomic E-state index is -0.00424. The molecule has 0 aromatic heterocycles. The number of hydrogen-bond acceptors (Lipinski definition) is 3. The van der Waals surface area contributed by atoms with E-state index in [1.165, 1.54) is 25.7 Å². The Morgan fingerprint density at radius 3 is 2.50 bits per heavy atom. The van der Waals surface area contributed by atoms with Crippen LogP contribution in [0.25, 0.3) is 0 Å². The van der Waals surface area contributed by atoms with Crippen molar-refractivity contribution in [2.45, 2.75) is 25.7 Å². The fourth-order valence-corrected chi connectivity index (χ4v) is 4.05. The van der Waals surface area contributed by atoms with E-state index in [4.69, 9.17) is 0 Å². The van der Waals surface area contributed by atoms with E-state index in [1.54, 1.807) is 0 Å². The smallest absolute Gasteiger partial charge is 0.278 e. The fourth-order valence-electron chi connectivity index (χ4n) is 3.66. The summed E-state index contributed by atoms with van der Waals surface area (Å²) >= 11 is 3.47. The Morgan fingerprint density at radius 1 is 0.962 bits per heavy atom. The Labute approximate surface area is 162 Å². The van der Waals surface area contributed by atoms with Crippen LogP contribution in [0.4, 0.5) is 11.4 Å². The first kappa shape index (κ1) is 17.4. The van der Waals surface area contributed by atoms with Crippen molar-refractivity contribution in [2.24, 2.45) is 4.99 Å². The number of carbonyl (C=O) groups excluding carboxylic acids is 1. The first-order valence-corrected chi connectivity index (χ1v) is 9.99. The van der Waals surface area contributed by atoms with Crippen LogP contribution in [0, 0.1) is 0 Å². The molecule has 0 bridgehead atoms. The number of anilines is 1. The largest absolute Gasteiger partial charge is 0.293 e. The lowest BCUT2D eigenvalue weighted by Gasteiger charge is -2.26. The number of nitrogens with zero attached hydrogens (tertiary/aromatic N) is 3. The maximum atomic E-state index is 13.2. The molecule has 0 unspecified atom stereocenters. The van der Waals surface area contributed by atoms with Crippen molar-refractivity contribution in [1.29, 1.82) is 0 Å². The highest BCUT2D eigenvalue weighted by Gasteiger charge is 2.34. The third kappa shape index (κ3) is 3.60. The van der Waals surface area contributed by atoms with Crippen LogP contribution in [0.15, 0.2) is 58.0 Å². The van der Waals surface area contributed by atoms with Gasteiger partial charge in [0.2, 0.25) is 0 Å². The van der Waals surface area contributed by atoms with Crippen molar-refractivity contribution < 1.29 is 4.79 Å². The van der Waals surface area contributed by atoms with Crippen LogP contribution in [-0.2, 0) is 4.79 Å². The summed E-state index contributed by atoms with van der Waals surface area (Å²) in [5.41, 5.74) is 3.21. The van der Waals surface area contributed by atoms with Crippen LogP contribution in [-0.4, -0.2) is 36.3 Å². The molecule has 0 saturated carbocycles. The summed E-state index contributed by atoms with van der Waals surface area (Å²) in [6.45, 7) is 2.77. The Hall–Kier alpha value is -1.98. The van der Waals surface area contributed by atoms with Gasteiger partial charge in [-0.15, -0.1) is 0 Å². The molecule has 2 aliphatic heterocycles. The minimum Gasteiger partial charge on any atom is -0.293 e. The lowest BCUT2D eigenvalue weighted by atomic mass is 10.1. The molecule has 5 heteroatoms. The molecule has 4 nitrogen and oxygen atoms in total. The lowest BCUT2D eigenvalue weighted by Crippen LogP contribution is -2.41. The van der Waals surface area contributed by atoms with Crippen molar-refractivity contribution in [3.8, 4) is 0 Å². The predicted octanol–water partition coefficient (Wildman–Crippen LogP) is 4.75. The molecule has 134 valence electrons. The summed E-state index contributed by atoms with van der Waals surface area (Å²) in [6.07, 6.45) is 5.00. The summed E-state index contributed by atoms with van der Waals surface area (Å²) in [7, 11) is 0. The molecule has 1 amide bonds. The second kappa shape index (κ2) is 7.72. The molecular formula is C21H22BrN3O. The molecule has 0 radical (unpaired) electrons. The third-order valence-electron chi connectivity index (χ3n) is 4.99. The number of likely N-dealkylation sites (tertiary alicyclic amines) is 1. The maximum Gasteiger partial charge on any atom is 0.278 e. The molecular weight excluding hydrogens is 390 g/mol. The second-order valence-corrected chi connectivity index (χ2v) is 7.78. The normalized spacial score (nSPS) is 19.7. The molecule has 26 heavy (non-hydrogen) atoms. The Balaban J connectivity index is 1.66. The van der Waals surface area contributed by atoms with Crippen molar-refractivity contribution in [1.82, 2.24) is 4.90 Å². The zero-order valence-electron chi connectivity index (χ0n) is 14.7. The number of benzene rings is 2. The van der Waals surface area contributed by atoms with Gasteiger partial charge >= 0.3 is 0 Å². The van der Waals surface area contributed by atoms with Crippen molar-refractivity contribution in [2.75, 3.05) is 24.7 Å². The van der Waals surface area contributed by atoms with E-state index in [0.29, 0.717) is 12.4 Å². The molecule has 1 fully saturated rings. The number of fused-ring (bicyclic) bond motifs is 1. The number of para-hydroxylation sites is 1. The summed E-state index contributed by atoms with van der Waals surface area (Å²) in [6, 6.07) is 15.7. The van der Waals surface area contributed by atoms with Crippen LogP contribution in [0.2, 0.25) is 0 Å². The average molecular weight is 412 g/mol.